The number of rotatable bonds is 5. The molecule has 1 N–H and O–H groups in total. The van der Waals surface area contributed by atoms with E-state index in [4.69, 9.17) is 23.2 Å². The molecule has 1 saturated carbocycles. The maximum Gasteiger partial charge on any atom is 0.0640 e. The normalized spacial score (nSPS) is 18.5. The predicted octanol–water partition coefficient (Wildman–Crippen LogP) is 5.61. The number of nitrogens with one attached hydrogen (secondary N) is 1. The topological polar surface area (TPSA) is 12.0 Å². The van der Waals surface area contributed by atoms with Gasteiger partial charge in [-0.15, -0.1) is 0 Å². The highest BCUT2D eigenvalue weighted by Gasteiger charge is 2.26. The highest BCUT2D eigenvalue weighted by molar-refractivity contribution is 6.42. The van der Waals surface area contributed by atoms with Gasteiger partial charge in [0.1, 0.15) is 0 Å². The molecule has 0 bridgehead atoms. The van der Waals surface area contributed by atoms with Crippen LogP contribution in [0.1, 0.15) is 57.1 Å². The molecular formula is C16H23Cl2N. The van der Waals surface area contributed by atoms with Gasteiger partial charge in [0, 0.05) is 6.04 Å². The monoisotopic (exact) mass is 299 g/mol. The summed E-state index contributed by atoms with van der Waals surface area (Å²) in [4.78, 5) is 0. The molecule has 0 amide bonds. The van der Waals surface area contributed by atoms with Crippen LogP contribution in [0.15, 0.2) is 18.2 Å². The van der Waals surface area contributed by atoms with Crippen molar-refractivity contribution in [1.82, 2.24) is 5.32 Å². The van der Waals surface area contributed by atoms with E-state index in [1.165, 1.54) is 37.7 Å². The molecule has 0 saturated heterocycles. The molecule has 0 aliphatic heterocycles. The van der Waals surface area contributed by atoms with E-state index in [1.807, 2.05) is 12.1 Å². The van der Waals surface area contributed by atoms with E-state index in [9.17, 15) is 0 Å². The fourth-order valence-electron chi connectivity index (χ4n) is 3.06. The van der Waals surface area contributed by atoms with Crippen LogP contribution < -0.4 is 5.32 Å². The smallest absolute Gasteiger partial charge is 0.0640 e. The summed E-state index contributed by atoms with van der Waals surface area (Å²) in [5.74, 6) is 0.691. The van der Waals surface area contributed by atoms with E-state index in [0.717, 1.165) is 18.0 Å². The second-order valence-electron chi connectivity index (χ2n) is 5.47. The van der Waals surface area contributed by atoms with Gasteiger partial charge in [-0.3, -0.25) is 0 Å². The average Bonchev–Trinajstić information content (AvgIpc) is 2.45. The van der Waals surface area contributed by atoms with Gasteiger partial charge >= 0.3 is 0 Å². The van der Waals surface area contributed by atoms with Gasteiger partial charge in [-0.25, -0.2) is 0 Å². The lowest BCUT2D eigenvalue weighted by Crippen LogP contribution is -2.30. The summed E-state index contributed by atoms with van der Waals surface area (Å²) in [5.41, 5.74) is 1.18. The lowest BCUT2D eigenvalue weighted by Gasteiger charge is -2.32. The predicted molar refractivity (Wildman–Crippen MR) is 84.1 cm³/mol. The SMILES string of the molecule is CCCNC(c1cccc(Cl)c1Cl)C1CCCCC1. The fraction of sp³-hybridized carbons (Fsp3) is 0.625. The maximum absolute atomic E-state index is 6.41. The highest BCUT2D eigenvalue weighted by atomic mass is 35.5. The Balaban J connectivity index is 2.22. The van der Waals surface area contributed by atoms with Crippen LogP contribution >= 0.6 is 23.2 Å². The van der Waals surface area contributed by atoms with Crippen LogP contribution in [0.3, 0.4) is 0 Å². The number of benzene rings is 1. The van der Waals surface area contributed by atoms with E-state index in [0.29, 0.717) is 17.0 Å². The van der Waals surface area contributed by atoms with Crippen molar-refractivity contribution in [3.63, 3.8) is 0 Å². The second kappa shape index (κ2) is 7.52. The molecule has 0 radical (unpaired) electrons. The largest absolute Gasteiger partial charge is 0.310 e. The van der Waals surface area contributed by atoms with Crippen molar-refractivity contribution in [2.45, 2.75) is 51.5 Å². The molecule has 1 fully saturated rings. The fourth-order valence-corrected chi connectivity index (χ4v) is 3.48. The first-order valence-electron chi connectivity index (χ1n) is 7.41. The second-order valence-corrected chi connectivity index (χ2v) is 6.26. The number of hydrogen-bond donors (Lipinski definition) is 1. The van der Waals surface area contributed by atoms with Crippen molar-refractivity contribution in [2.75, 3.05) is 6.54 Å². The van der Waals surface area contributed by atoms with Crippen LogP contribution in [0.25, 0.3) is 0 Å². The molecule has 1 aromatic rings. The van der Waals surface area contributed by atoms with Crippen LogP contribution in [0.5, 0.6) is 0 Å². The first-order valence-corrected chi connectivity index (χ1v) is 8.17. The van der Waals surface area contributed by atoms with E-state index >= 15 is 0 Å². The van der Waals surface area contributed by atoms with Crippen molar-refractivity contribution in [2.24, 2.45) is 5.92 Å². The van der Waals surface area contributed by atoms with E-state index < -0.39 is 0 Å². The summed E-state index contributed by atoms with van der Waals surface area (Å²) in [5, 5.41) is 5.07. The third-order valence-electron chi connectivity index (χ3n) is 4.05. The molecule has 106 valence electrons. The third-order valence-corrected chi connectivity index (χ3v) is 4.89. The van der Waals surface area contributed by atoms with Crippen LogP contribution in [-0.4, -0.2) is 6.54 Å². The van der Waals surface area contributed by atoms with Crippen molar-refractivity contribution in [3.8, 4) is 0 Å². The number of halogens is 2. The van der Waals surface area contributed by atoms with Crippen LogP contribution in [0.2, 0.25) is 10.0 Å². The molecule has 2 rings (SSSR count). The summed E-state index contributed by atoms with van der Waals surface area (Å²) in [6.45, 7) is 3.23. The molecule has 0 heterocycles. The Morgan fingerprint density at radius 1 is 1.21 bits per heavy atom. The van der Waals surface area contributed by atoms with Crippen molar-refractivity contribution < 1.29 is 0 Å². The zero-order chi connectivity index (χ0) is 13.7. The van der Waals surface area contributed by atoms with Gasteiger partial charge < -0.3 is 5.32 Å². The first kappa shape index (κ1) is 15.2. The summed E-state index contributed by atoms with van der Waals surface area (Å²) < 4.78 is 0. The van der Waals surface area contributed by atoms with E-state index in [1.54, 1.807) is 0 Å². The third kappa shape index (κ3) is 3.87. The Morgan fingerprint density at radius 3 is 2.63 bits per heavy atom. The minimum atomic E-state index is 0.353. The van der Waals surface area contributed by atoms with E-state index in [2.05, 4.69) is 18.3 Å². The van der Waals surface area contributed by atoms with Gasteiger partial charge in [-0.2, -0.15) is 0 Å². The zero-order valence-electron chi connectivity index (χ0n) is 11.6. The van der Waals surface area contributed by atoms with Crippen molar-refractivity contribution in [1.29, 1.82) is 0 Å². The molecular weight excluding hydrogens is 277 g/mol. The first-order chi connectivity index (χ1) is 9.24. The average molecular weight is 300 g/mol. The van der Waals surface area contributed by atoms with Gasteiger partial charge in [0.2, 0.25) is 0 Å². The van der Waals surface area contributed by atoms with Gasteiger partial charge in [0.25, 0.3) is 0 Å². The molecule has 1 nitrogen and oxygen atoms in total. The molecule has 3 heteroatoms. The van der Waals surface area contributed by atoms with Crippen molar-refractivity contribution >= 4 is 23.2 Å². The molecule has 19 heavy (non-hydrogen) atoms. The molecule has 1 aliphatic carbocycles. The van der Waals surface area contributed by atoms with Crippen LogP contribution in [0.4, 0.5) is 0 Å². The quantitative estimate of drug-likeness (QED) is 0.744. The van der Waals surface area contributed by atoms with Crippen LogP contribution in [-0.2, 0) is 0 Å². The Morgan fingerprint density at radius 2 is 1.95 bits per heavy atom. The Kier molecular flexibility index (Phi) is 6.00. The van der Waals surface area contributed by atoms with Gasteiger partial charge in [0.15, 0.2) is 0 Å². The Labute approximate surface area is 126 Å². The number of hydrogen-bond acceptors (Lipinski definition) is 1. The summed E-state index contributed by atoms with van der Waals surface area (Å²) >= 11 is 12.6. The molecule has 1 aromatic carbocycles. The maximum atomic E-state index is 6.41. The standard InChI is InChI=1S/C16H23Cl2N/c1-2-11-19-16(12-7-4-3-5-8-12)13-9-6-10-14(17)15(13)18/h6,9-10,12,16,19H,2-5,7-8,11H2,1H3. The molecule has 1 aliphatic rings. The van der Waals surface area contributed by atoms with Crippen molar-refractivity contribution in [3.05, 3.63) is 33.8 Å². The minimum absolute atomic E-state index is 0.353. The lowest BCUT2D eigenvalue weighted by molar-refractivity contribution is 0.272. The Hall–Kier alpha value is -0.240. The molecule has 0 aromatic heterocycles. The van der Waals surface area contributed by atoms with Gasteiger partial charge in [-0.1, -0.05) is 61.5 Å². The van der Waals surface area contributed by atoms with Gasteiger partial charge in [-0.05, 0) is 43.4 Å². The summed E-state index contributed by atoms with van der Waals surface area (Å²) in [7, 11) is 0. The summed E-state index contributed by atoms with van der Waals surface area (Å²) in [6.07, 6.45) is 7.79. The lowest BCUT2D eigenvalue weighted by atomic mass is 9.81. The Bertz CT molecular complexity index is 400. The molecule has 1 atom stereocenters. The zero-order valence-corrected chi connectivity index (χ0v) is 13.1. The van der Waals surface area contributed by atoms with Gasteiger partial charge in [0.05, 0.1) is 10.0 Å². The molecule has 0 spiro atoms. The van der Waals surface area contributed by atoms with E-state index in [-0.39, 0.29) is 0 Å². The minimum Gasteiger partial charge on any atom is -0.310 e. The molecule has 1 unspecified atom stereocenters. The highest BCUT2D eigenvalue weighted by Crippen LogP contribution is 2.39. The van der Waals surface area contributed by atoms with Crippen LogP contribution in [0, 0.1) is 5.92 Å². The summed E-state index contributed by atoms with van der Waals surface area (Å²) in [6, 6.07) is 6.35.